The summed E-state index contributed by atoms with van der Waals surface area (Å²) in [5.41, 5.74) is 9.79. The van der Waals surface area contributed by atoms with Crippen molar-refractivity contribution in [1.29, 1.82) is 5.41 Å². The number of nitrogen functional groups attached to an aromatic ring is 1. The zero-order chi connectivity index (χ0) is 10.6. The van der Waals surface area contributed by atoms with Crippen molar-refractivity contribution in [3.05, 3.63) is 28.8 Å². The first-order chi connectivity index (χ1) is 6.69. The second-order valence-electron chi connectivity index (χ2n) is 3.66. The second-order valence-corrected chi connectivity index (χ2v) is 3.66. The normalized spacial score (nSPS) is 10.1. The predicted octanol–water partition coefficient (Wildman–Crippen LogP) is 2.92. The monoisotopic (exact) mass is 190 g/mol. The zero-order valence-electron chi connectivity index (χ0n) is 8.93. The van der Waals surface area contributed by atoms with Crippen LogP contribution in [0.3, 0.4) is 0 Å². The molecule has 0 unspecified atom stereocenters. The third kappa shape index (κ3) is 2.34. The molecule has 1 rings (SSSR count). The molecule has 2 nitrogen and oxygen atoms in total. The van der Waals surface area contributed by atoms with E-state index in [1.165, 1.54) is 24.6 Å². The van der Waals surface area contributed by atoms with Crippen LogP contribution in [0.1, 0.15) is 36.5 Å². The molecular formula is C12H18N2. The first kappa shape index (κ1) is 10.8. The fourth-order valence-electron chi connectivity index (χ4n) is 1.55. The number of rotatable bonds is 4. The number of hydrogen-bond acceptors (Lipinski definition) is 2. The highest BCUT2D eigenvalue weighted by molar-refractivity contribution is 5.86. The van der Waals surface area contributed by atoms with Gasteiger partial charge in [-0.3, -0.25) is 0 Å². The van der Waals surface area contributed by atoms with E-state index in [1.807, 2.05) is 13.0 Å². The SMILES string of the molecule is CCCCc1cc(C)c(N)c(C=N)c1. The Morgan fingerprint density at radius 2 is 2.14 bits per heavy atom. The lowest BCUT2D eigenvalue weighted by Crippen LogP contribution is -1.98. The first-order valence-corrected chi connectivity index (χ1v) is 5.08. The number of hydrogen-bond donors (Lipinski definition) is 2. The van der Waals surface area contributed by atoms with Crippen LogP contribution in [0.15, 0.2) is 12.1 Å². The standard InChI is InChI=1S/C12H18N2/c1-3-4-5-10-6-9(2)12(14)11(7-10)8-13/h6-8,13H,3-5,14H2,1-2H3. The summed E-state index contributed by atoms with van der Waals surface area (Å²) < 4.78 is 0. The van der Waals surface area contributed by atoms with Gasteiger partial charge in [-0.25, -0.2) is 0 Å². The summed E-state index contributed by atoms with van der Waals surface area (Å²) in [5.74, 6) is 0. The molecule has 3 N–H and O–H groups in total. The summed E-state index contributed by atoms with van der Waals surface area (Å²) in [6.07, 6.45) is 4.81. The smallest absolute Gasteiger partial charge is 0.0432 e. The summed E-state index contributed by atoms with van der Waals surface area (Å²) in [4.78, 5) is 0. The number of anilines is 1. The third-order valence-electron chi connectivity index (χ3n) is 2.45. The molecule has 0 amide bonds. The van der Waals surface area contributed by atoms with Crippen molar-refractivity contribution in [3.63, 3.8) is 0 Å². The molecular weight excluding hydrogens is 172 g/mol. The maximum Gasteiger partial charge on any atom is 0.0432 e. The van der Waals surface area contributed by atoms with Crippen molar-refractivity contribution < 1.29 is 0 Å². The summed E-state index contributed by atoms with van der Waals surface area (Å²) >= 11 is 0. The number of unbranched alkanes of at least 4 members (excludes halogenated alkanes) is 1. The van der Waals surface area contributed by atoms with Gasteiger partial charge >= 0.3 is 0 Å². The minimum atomic E-state index is 0.736. The van der Waals surface area contributed by atoms with E-state index in [0.29, 0.717) is 0 Å². The van der Waals surface area contributed by atoms with Crippen molar-refractivity contribution in [3.8, 4) is 0 Å². The van der Waals surface area contributed by atoms with Crippen molar-refractivity contribution in [1.82, 2.24) is 0 Å². The van der Waals surface area contributed by atoms with Crippen LogP contribution in [0.4, 0.5) is 5.69 Å². The van der Waals surface area contributed by atoms with Gasteiger partial charge in [0, 0.05) is 17.5 Å². The molecule has 76 valence electrons. The summed E-state index contributed by atoms with van der Waals surface area (Å²) in [6, 6.07) is 4.14. The molecule has 14 heavy (non-hydrogen) atoms. The molecule has 0 spiro atoms. The molecule has 0 saturated carbocycles. The molecule has 0 heterocycles. The zero-order valence-corrected chi connectivity index (χ0v) is 8.93. The third-order valence-corrected chi connectivity index (χ3v) is 2.45. The van der Waals surface area contributed by atoms with E-state index in [0.717, 1.165) is 23.2 Å². The van der Waals surface area contributed by atoms with E-state index < -0.39 is 0 Å². The minimum absolute atomic E-state index is 0.736. The van der Waals surface area contributed by atoms with Gasteiger partial charge in [-0.2, -0.15) is 0 Å². The van der Waals surface area contributed by atoms with Gasteiger partial charge in [0.25, 0.3) is 0 Å². The Morgan fingerprint density at radius 3 is 2.71 bits per heavy atom. The van der Waals surface area contributed by atoms with Crippen LogP contribution in [0.25, 0.3) is 0 Å². The molecule has 0 atom stereocenters. The number of benzene rings is 1. The Bertz CT molecular complexity index is 329. The predicted molar refractivity (Wildman–Crippen MR) is 62.1 cm³/mol. The molecule has 1 aromatic rings. The maximum absolute atomic E-state index is 7.25. The first-order valence-electron chi connectivity index (χ1n) is 5.08. The molecule has 0 saturated heterocycles. The highest BCUT2D eigenvalue weighted by atomic mass is 14.6. The molecule has 0 aliphatic carbocycles. The fourth-order valence-corrected chi connectivity index (χ4v) is 1.55. The number of aryl methyl sites for hydroxylation is 2. The van der Waals surface area contributed by atoms with Crippen LogP contribution in [-0.4, -0.2) is 6.21 Å². The van der Waals surface area contributed by atoms with E-state index >= 15 is 0 Å². The quantitative estimate of drug-likeness (QED) is 0.556. The minimum Gasteiger partial charge on any atom is -0.398 e. The fraction of sp³-hybridized carbons (Fsp3) is 0.417. The Balaban J connectivity index is 2.97. The number of nitrogens with one attached hydrogen (secondary N) is 1. The maximum atomic E-state index is 7.25. The van der Waals surface area contributed by atoms with E-state index in [9.17, 15) is 0 Å². The van der Waals surface area contributed by atoms with Crippen LogP contribution >= 0.6 is 0 Å². The van der Waals surface area contributed by atoms with Crippen LogP contribution in [-0.2, 0) is 6.42 Å². The lowest BCUT2D eigenvalue weighted by Gasteiger charge is -2.08. The van der Waals surface area contributed by atoms with Crippen molar-refractivity contribution in [2.75, 3.05) is 5.73 Å². The molecule has 0 aliphatic heterocycles. The summed E-state index contributed by atoms with van der Waals surface area (Å²) in [5, 5.41) is 7.25. The largest absolute Gasteiger partial charge is 0.398 e. The average molecular weight is 190 g/mol. The Labute approximate surface area is 85.6 Å². The van der Waals surface area contributed by atoms with Gasteiger partial charge in [0.05, 0.1) is 0 Å². The highest BCUT2D eigenvalue weighted by Gasteiger charge is 2.02. The van der Waals surface area contributed by atoms with Gasteiger partial charge in [-0.15, -0.1) is 0 Å². The molecule has 0 aliphatic rings. The molecule has 2 heteroatoms. The van der Waals surface area contributed by atoms with E-state index in [1.54, 1.807) is 0 Å². The molecule has 0 radical (unpaired) electrons. The highest BCUT2D eigenvalue weighted by Crippen LogP contribution is 2.19. The van der Waals surface area contributed by atoms with Gasteiger partial charge in [0.2, 0.25) is 0 Å². The van der Waals surface area contributed by atoms with Crippen molar-refractivity contribution in [2.45, 2.75) is 33.1 Å². The molecule has 0 aromatic heterocycles. The topological polar surface area (TPSA) is 49.9 Å². The van der Waals surface area contributed by atoms with Gasteiger partial charge in [-0.05, 0) is 37.0 Å². The summed E-state index contributed by atoms with van der Waals surface area (Å²) in [6.45, 7) is 4.18. The van der Waals surface area contributed by atoms with E-state index in [4.69, 9.17) is 11.1 Å². The second kappa shape index (κ2) is 4.80. The summed E-state index contributed by atoms with van der Waals surface area (Å²) in [7, 11) is 0. The van der Waals surface area contributed by atoms with Crippen LogP contribution in [0, 0.1) is 12.3 Å². The van der Waals surface area contributed by atoms with Crippen LogP contribution < -0.4 is 5.73 Å². The number of nitrogens with two attached hydrogens (primary N) is 1. The lowest BCUT2D eigenvalue weighted by molar-refractivity contribution is 0.794. The van der Waals surface area contributed by atoms with Crippen LogP contribution in [0.2, 0.25) is 0 Å². The Morgan fingerprint density at radius 1 is 1.43 bits per heavy atom. The van der Waals surface area contributed by atoms with Gasteiger partial charge in [0.15, 0.2) is 0 Å². The Kier molecular flexibility index (Phi) is 3.69. The molecule has 1 aromatic carbocycles. The van der Waals surface area contributed by atoms with Crippen molar-refractivity contribution >= 4 is 11.9 Å². The van der Waals surface area contributed by atoms with Crippen LogP contribution in [0.5, 0.6) is 0 Å². The lowest BCUT2D eigenvalue weighted by atomic mass is 10.0. The van der Waals surface area contributed by atoms with Gasteiger partial charge in [0.1, 0.15) is 0 Å². The van der Waals surface area contributed by atoms with E-state index in [-0.39, 0.29) is 0 Å². The van der Waals surface area contributed by atoms with E-state index in [2.05, 4.69) is 13.0 Å². The van der Waals surface area contributed by atoms with Gasteiger partial charge < -0.3 is 11.1 Å². The van der Waals surface area contributed by atoms with Gasteiger partial charge in [-0.1, -0.05) is 19.4 Å². The Hall–Kier alpha value is -1.31. The van der Waals surface area contributed by atoms with Crippen molar-refractivity contribution in [2.24, 2.45) is 0 Å². The molecule has 0 fully saturated rings. The molecule has 0 bridgehead atoms. The average Bonchev–Trinajstić information content (AvgIpc) is 2.19.